The normalized spacial score (nSPS) is 12.1. The highest BCUT2D eigenvalue weighted by molar-refractivity contribution is 7.89. The van der Waals surface area contributed by atoms with Crippen LogP contribution in [0.1, 0.15) is 19.5 Å². The second kappa shape index (κ2) is 5.69. The Hall–Kier alpha value is -1.11. The molecule has 102 valence electrons. The lowest BCUT2D eigenvalue weighted by Crippen LogP contribution is -2.28. The summed E-state index contributed by atoms with van der Waals surface area (Å²) in [5.74, 6) is 0. The van der Waals surface area contributed by atoms with E-state index >= 15 is 0 Å². The molecule has 1 aromatic heterocycles. The van der Waals surface area contributed by atoms with E-state index < -0.39 is 10.0 Å². The van der Waals surface area contributed by atoms with E-state index in [2.05, 4.69) is 6.58 Å². The van der Waals surface area contributed by atoms with Gasteiger partial charge in [0.05, 0.1) is 0 Å². The maximum absolute atomic E-state index is 12.3. The number of hydrogen-bond donors (Lipinski definition) is 1. The number of aryl methyl sites for hydroxylation is 1. The van der Waals surface area contributed by atoms with Gasteiger partial charge in [-0.1, -0.05) is 12.2 Å². The van der Waals surface area contributed by atoms with Crippen molar-refractivity contribution in [1.29, 1.82) is 0 Å². The van der Waals surface area contributed by atoms with E-state index in [1.54, 1.807) is 26.2 Å². The molecule has 0 radical (unpaired) electrons. The smallest absolute Gasteiger partial charge is 0.244 e. The lowest BCUT2D eigenvalue weighted by molar-refractivity contribution is 0.493. The molecule has 0 fully saturated rings. The van der Waals surface area contributed by atoms with Gasteiger partial charge in [0.25, 0.3) is 0 Å². The summed E-state index contributed by atoms with van der Waals surface area (Å²) in [6.45, 7) is 8.82. The van der Waals surface area contributed by atoms with E-state index in [4.69, 9.17) is 5.73 Å². The molecule has 0 aliphatic carbocycles. The molecule has 0 aromatic carbocycles. The minimum absolute atomic E-state index is 0.286. The van der Waals surface area contributed by atoms with Crippen LogP contribution in [0.2, 0.25) is 0 Å². The van der Waals surface area contributed by atoms with Crippen LogP contribution < -0.4 is 5.73 Å². The summed E-state index contributed by atoms with van der Waals surface area (Å²) >= 11 is 0. The van der Waals surface area contributed by atoms with Crippen LogP contribution >= 0.6 is 0 Å². The summed E-state index contributed by atoms with van der Waals surface area (Å²) < 4.78 is 27.7. The second-order valence-corrected chi connectivity index (χ2v) is 6.42. The van der Waals surface area contributed by atoms with Crippen LogP contribution in [0.25, 0.3) is 0 Å². The molecule has 0 aliphatic rings. The number of sulfonamides is 1. The molecule has 0 saturated heterocycles. The van der Waals surface area contributed by atoms with Gasteiger partial charge in [-0.05, 0) is 19.9 Å². The van der Waals surface area contributed by atoms with Crippen molar-refractivity contribution in [1.82, 2.24) is 8.87 Å². The lowest BCUT2D eigenvalue weighted by Gasteiger charge is -2.15. The van der Waals surface area contributed by atoms with Gasteiger partial charge in [-0.3, -0.25) is 0 Å². The van der Waals surface area contributed by atoms with Crippen molar-refractivity contribution in [2.45, 2.75) is 31.8 Å². The Morgan fingerprint density at radius 2 is 2.17 bits per heavy atom. The maximum Gasteiger partial charge on any atom is 0.244 e. The van der Waals surface area contributed by atoms with E-state index in [0.717, 1.165) is 11.3 Å². The van der Waals surface area contributed by atoms with Crippen molar-refractivity contribution in [3.05, 3.63) is 30.1 Å². The number of aromatic nitrogens is 1. The molecule has 0 spiro atoms. The van der Waals surface area contributed by atoms with Gasteiger partial charge in [-0.2, -0.15) is 4.31 Å². The maximum atomic E-state index is 12.3. The van der Waals surface area contributed by atoms with E-state index in [0.29, 0.717) is 19.6 Å². The van der Waals surface area contributed by atoms with Crippen molar-refractivity contribution in [3.63, 3.8) is 0 Å². The van der Waals surface area contributed by atoms with Crippen LogP contribution in [0.3, 0.4) is 0 Å². The molecular formula is C12H21N3O2S. The third kappa shape index (κ3) is 3.01. The lowest BCUT2D eigenvalue weighted by atomic mass is 10.4. The zero-order valence-electron chi connectivity index (χ0n) is 11.2. The SMILES string of the molecule is C=C(C)CN(C)S(=O)(=O)c1cc(CN)n(CC)c1. The number of rotatable bonds is 6. The predicted molar refractivity (Wildman–Crippen MR) is 72.6 cm³/mol. The fourth-order valence-corrected chi connectivity index (χ4v) is 3.07. The quantitative estimate of drug-likeness (QED) is 0.790. The van der Waals surface area contributed by atoms with E-state index in [1.807, 2.05) is 11.5 Å². The Morgan fingerprint density at radius 1 is 1.56 bits per heavy atom. The molecule has 1 aromatic rings. The first-order chi connectivity index (χ1) is 8.32. The molecule has 0 bridgehead atoms. The highest BCUT2D eigenvalue weighted by atomic mass is 32.2. The Morgan fingerprint density at radius 3 is 2.56 bits per heavy atom. The van der Waals surface area contributed by atoms with Crippen molar-refractivity contribution in [2.24, 2.45) is 5.73 Å². The van der Waals surface area contributed by atoms with Gasteiger partial charge >= 0.3 is 0 Å². The van der Waals surface area contributed by atoms with Crippen LogP contribution in [-0.4, -0.2) is 30.9 Å². The summed E-state index contributed by atoms with van der Waals surface area (Å²) in [7, 11) is -1.91. The van der Waals surface area contributed by atoms with Gasteiger partial charge in [-0.25, -0.2) is 8.42 Å². The minimum Gasteiger partial charge on any atom is -0.349 e. The van der Waals surface area contributed by atoms with Gasteiger partial charge in [0.1, 0.15) is 4.90 Å². The number of nitrogens with zero attached hydrogens (tertiary/aromatic N) is 2. The van der Waals surface area contributed by atoms with Gasteiger partial charge in [-0.15, -0.1) is 0 Å². The molecule has 0 amide bonds. The molecule has 5 nitrogen and oxygen atoms in total. The van der Waals surface area contributed by atoms with E-state index in [9.17, 15) is 8.42 Å². The average Bonchev–Trinajstić information content (AvgIpc) is 2.71. The van der Waals surface area contributed by atoms with Crippen molar-refractivity contribution in [2.75, 3.05) is 13.6 Å². The van der Waals surface area contributed by atoms with E-state index in [-0.39, 0.29) is 4.90 Å². The Kier molecular flexibility index (Phi) is 4.72. The Bertz CT molecular complexity index is 510. The first-order valence-electron chi connectivity index (χ1n) is 5.82. The fraction of sp³-hybridized carbons (Fsp3) is 0.500. The molecular weight excluding hydrogens is 250 g/mol. The largest absolute Gasteiger partial charge is 0.349 e. The van der Waals surface area contributed by atoms with Gasteiger partial charge in [0.2, 0.25) is 10.0 Å². The van der Waals surface area contributed by atoms with E-state index in [1.165, 1.54) is 4.31 Å². The van der Waals surface area contributed by atoms with Crippen LogP contribution in [0, 0.1) is 0 Å². The first-order valence-corrected chi connectivity index (χ1v) is 7.26. The molecule has 0 atom stereocenters. The van der Waals surface area contributed by atoms with Crippen LogP contribution in [0.4, 0.5) is 0 Å². The van der Waals surface area contributed by atoms with Crippen molar-refractivity contribution in [3.8, 4) is 0 Å². The molecule has 0 saturated carbocycles. The molecule has 18 heavy (non-hydrogen) atoms. The Labute approximate surface area is 109 Å². The van der Waals surface area contributed by atoms with Crippen LogP contribution in [0.5, 0.6) is 0 Å². The predicted octanol–water partition coefficient (Wildman–Crippen LogP) is 1.16. The fourth-order valence-electron chi connectivity index (χ4n) is 1.78. The average molecular weight is 271 g/mol. The molecule has 6 heteroatoms. The number of hydrogen-bond acceptors (Lipinski definition) is 3. The minimum atomic E-state index is -3.46. The summed E-state index contributed by atoms with van der Waals surface area (Å²) in [5, 5.41) is 0. The summed E-state index contributed by atoms with van der Waals surface area (Å²) in [6, 6.07) is 1.63. The zero-order valence-corrected chi connectivity index (χ0v) is 12.0. The third-order valence-corrected chi connectivity index (χ3v) is 4.48. The second-order valence-electron chi connectivity index (χ2n) is 4.38. The zero-order chi connectivity index (χ0) is 13.9. The topological polar surface area (TPSA) is 68.3 Å². The molecule has 2 N–H and O–H groups in total. The highest BCUT2D eigenvalue weighted by Gasteiger charge is 2.22. The van der Waals surface area contributed by atoms with Crippen molar-refractivity contribution >= 4 is 10.0 Å². The van der Waals surface area contributed by atoms with Gasteiger partial charge in [0.15, 0.2) is 0 Å². The number of nitrogens with two attached hydrogens (primary N) is 1. The van der Waals surface area contributed by atoms with Gasteiger partial charge in [0, 0.05) is 38.6 Å². The highest BCUT2D eigenvalue weighted by Crippen LogP contribution is 2.18. The van der Waals surface area contributed by atoms with Crippen LogP contribution in [-0.2, 0) is 23.1 Å². The summed E-state index contributed by atoms with van der Waals surface area (Å²) in [5.41, 5.74) is 7.22. The standard InChI is InChI=1S/C12H21N3O2S/c1-5-15-9-12(6-11(15)7-13)18(16,17)14(4)8-10(2)3/h6,9H,2,5,7-8,13H2,1,3-4H3. The third-order valence-electron chi connectivity index (χ3n) is 2.71. The van der Waals surface area contributed by atoms with Gasteiger partial charge < -0.3 is 10.3 Å². The molecule has 1 heterocycles. The molecule has 1 rings (SSSR count). The number of likely N-dealkylation sites (N-methyl/N-ethyl adjacent to an activating group) is 1. The van der Waals surface area contributed by atoms with Crippen molar-refractivity contribution < 1.29 is 8.42 Å². The summed E-state index contributed by atoms with van der Waals surface area (Å²) in [4.78, 5) is 0.286. The van der Waals surface area contributed by atoms with Crippen LogP contribution in [0.15, 0.2) is 29.3 Å². The molecule has 0 aliphatic heterocycles. The Balaban J connectivity index is 3.12. The molecule has 0 unspecified atom stereocenters. The summed E-state index contributed by atoms with van der Waals surface area (Å²) in [6.07, 6.45) is 1.63. The first kappa shape index (κ1) is 14.9. The monoisotopic (exact) mass is 271 g/mol.